The van der Waals surface area contributed by atoms with E-state index in [1.54, 1.807) is 5.57 Å². The zero-order chi connectivity index (χ0) is 34.0. The number of hydrogen-bond donors (Lipinski definition) is 2. The van der Waals surface area contributed by atoms with Crippen LogP contribution in [0.4, 0.5) is 4.79 Å². The van der Waals surface area contributed by atoms with Crippen molar-refractivity contribution in [1.29, 1.82) is 0 Å². The van der Waals surface area contributed by atoms with Crippen molar-refractivity contribution in [3.63, 3.8) is 0 Å². The van der Waals surface area contributed by atoms with Crippen LogP contribution in [0.1, 0.15) is 164 Å². The summed E-state index contributed by atoms with van der Waals surface area (Å²) in [5.74, 6) is 5.97. The first-order chi connectivity index (χ1) is 22.6. The molecule has 3 saturated carbocycles. The van der Waals surface area contributed by atoms with Gasteiger partial charge in [0.25, 0.3) is 0 Å². The molecular formula is C42H79Cl2N3O2. The van der Waals surface area contributed by atoms with Crippen LogP contribution < -0.4 is 11.5 Å². The Hall–Kier alpha value is -0.490. The minimum atomic E-state index is -0.0799. The van der Waals surface area contributed by atoms with Crippen molar-refractivity contribution >= 4 is 30.9 Å². The molecule has 0 aliphatic heterocycles. The van der Waals surface area contributed by atoms with E-state index in [-0.39, 0.29) is 42.4 Å². The predicted molar refractivity (Wildman–Crippen MR) is 214 cm³/mol. The van der Waals surface area contributed by atoms with Gasteiger partial charge in [-0.15, -0.1) is 24.8 Å². The van der Waals surface area contributed by atoms with Crippen molar-refractivity contribution in [3.05, 3.63) is 11.6 Å². The quantitative estimate of drug-likeness (QED) is 0.102. The highest BCUT2D eigenvalue weighted by atomic mass is 35.5. The average Bonchev–Trinajstić information content (AvgIpc) is 3.41. The second kappa shape index (κ2) is 21.3. The fourth-order valence-electron chi connectivity index (χ4n) is 11.5. The number of amides is 1. The van der Waals surface area contributed by atoms with E-state index in [2.05, 4.69) is 47.6 Å². The Morgan fingerprint density at radius 1 is 0.857 bits per heavy atom. The van der Waals surface area contributed by atoms with E-state index in [9.17, 15) is 4.79 Å². The number of carbonyl (C=O) groups is 1. The molecule has 49 heavy (non-hydrogen) atoms. The summed E-state index contributed by atoms with van der Waals surface area (Å²) in [6.07, 6.45) is 25.6. The van der Waals surface area contributed by atoms with E-state index in [4.69, 9.17) is 16.2 Å². The molecule has 0 heterocycles. The van der Waals surface area contributed by atoms with Crippen LogP contribution in [0.2, 0.25) is 0 Å². The van der Waals surface area contributed by atoms with Gasteiger partial charge in [-0.2, -0.15) is 0 Å². The van der Waals surface area contributed by atoms with Crippen molar-refractivity contribution in [2.45, 2.75) is 170 Å². The molecule has 9 atom stereocenters. The van der Waals surface area contributed by atoms with Crippen LogP contribution in [0.25, 0.3) is 0 Å². The molecule has 4 N–H and O–H groups in total. The van der Waals surface area contributed by atoms with Gasteiger partial charge in [0.05, 0.1) is 0 Å². The largest absolute Gasteiger partial charge is 0.446 e. The SMILES string of the molecule is CC[C@H](CC[C@@H](C)[C@H]1CC[C@H]2[C@@H]3CC=C4C[C@@H](OC(=O)N(CCCCCCN)CCCCCCN)CC[C@]4(C)[C@H]3CC[C@]12C)C(C)C.Cl.Cl. The molecule has 1 amide bonds. The topological polar surface area (TPSA) is 81.6 Å². The first kappa shape index (κ1) is 44.7. The fraction of sp³-hybridized carbons (Fsp3) is 0.929. The molecule has 3 fully saturated rings. The van der Waals surface area contributed by atoms with Gasteiger partial charge in [0.15, 0.2) is 0 Å². The van der Waals surface area contributed by atoms with Gasteiger partial charge in [-0.25, -0.2) is 4.79 Å². The lowest BCUT2D eigenvalue weighted by Gasteiger charge is -2.58. The van der Waals surface area contributed by atoms with Gasteiger partial charge >= 0.3 is 6.09 Å². The maximum absolute atomic E-state index is 13.5. The summed E-state index contributed by atoms with van der Waals surface area (Å²) < 4.78 is 6.33. The summed E-state index contributed by atoms with van der Waals surface area (Å²) in [7, 11) is 0. The second-order valence-electron chi connectivity index (χ2n) is 17.6. The van der Waals surface area contributed by atoms with Crippen LogP contribution in [0, 0.1) is 52.3 Å². The van der Waals surface area contributed by atoms with Gasteiger partial charge in [0.2, 0.25) is 0 Å². The molecule has 0 saturated heterocycles. The number of hydrogen-bond acceptors (Lipinski definition) is 4. The summed E-state index contributed by atoms with van der Waals surface area (Å²) in [6, 6.07) is 0. The molecule has 0 spiro atoms. The number of fused-ring (bicyclic) bond motifs is 5. The Balaban J connectivity index is 0.00000417. The summed E-state index contributed by atoms with van der Waals surface area (Å²) in [6.45, 7) is 18.2. The van der Waals surface area contributed by atoms with Crippen molar-refractivity contribution in [2.75, 3.05) is 26.2 Å². The first-order valence-electron chi connectivity index (χ1n) is 20.6. The second-order valence-corrected chi connectivity index (χ2v) is 17.6. The molecule has 0 unspecified atom stereocenters. The maximum atomic E-state index is 13.5. The molecule has 4 aliphatic carbocycles. The summed E-state index contributed by atoms with van der Waals surface area (Å²) in [4.78, 5) is 15.6. The molecule has 4 rings (SSSR count). The van der Waals surface area contributed by atoms with Crippen molar-refractivity contribution in [3.8, 4) is 0 Å². The van der Waals surface area contributed by atoms with Crippen LogP contribution >= 0.6 is 24.8 Å². The Kier molecular flexibility index (Phi) is 19.4. The standard InChI is InChI=1S/C42H77N3O2.2ClH/c1-7-33(31(2)3)17-16-32(4)37-20-21-38-36-19-18-34-30-35(22-24-41(34,5)39(36)23-25-42(37,38)6)47-40(46)45(28-14-10-8-12-26-43)29-15-11-9-13-27-44;;/h18,31-33,35-39H,7-17,19-30,43-44H2,1-6H3;2*1H/t32-,33-,35+,36+,37-,38+,39+,41+,42-;;/m1../s1. The van der Waals surface area contributed by atoms with Crippen LogP contribution in [0.3, 0.4) is 0 Å². The Bertz CT molecular complexity index is 979. The van der Waals surface area contributed by atoms with E-state index < -0.39 is 0 Å². The summed E-state index contributed by atoms with van der Waals surface area (Å²) in [5.41, 5.74) is 13.8. The van der Waals surface area contributed by atoms with Crippen LogP contribution in [0.5, 0.6) is 0 Å². The van der Waals surface area contributed by atoms with E-state index >= 15 is 0 Å². The lowest BCUT2D eigenvalue weighted by atomic mass is 9.47. The number of carbonyl (C=O) groups excluding carboxylic acids is 1. The van der Waals surface area contributed by atoms with E-state index in [0.29, 0.717) is 5.41 Å². The first-order valence-corrected chi connectivity index (χ1v) is 20.6. The molecular weight excluding hydrogens is 649 g/mol. The third-order valence-electron chi connectivity index (χ3n) is 14.6. The van der Waals surface area contributed by atoms with Crippen molar-refractivity contribution in [1.82, 2.24) is 4.90 Å². The van der Waals surface area contributed by atoms with E-state index in [1.165, 1.54) is 57.8 Å². The molecule has 0 aromatic heterocycles. The minimum absolute atomic E-state index is 0. The zero-order valence-electron chi connectivity index (χ0n) is 32.7. The number of ether oxygens (including phenoxy) is 1. The van der Waals surface area contributed by atoms with E-state index in [1.807, 2.05) is 4.90 Å². The van der Waals surface area contributed by atoms with Crippen molar-refractivity contribution < 1.29 is 9.53 Å². The van der Waals surface area contributed by atoms with Gasteiger partial charge in [-0.3, -0.25) is 0 Å². The average molecular weight is 729 g/mol. The highest BCUT2D eigenvalue weighted by molar-refractivity contribution is 5.85. The molecule has 5 nitrogen and oxygen atoms in total. The van der Waals surface area contributed by atoms with Gasteiger partial charge in [0.1, 0.15) is 6.10 Å². The number of halogens is 2. The van der Waals surface area contributed by atoms with Gasteiger partial charge < -0.3 is 21.1 Å². The fourth-order valence-corrected chi connectivity index (χ4v) is 11.5. The number of unbranched alkanes of at least 4 members (excludes halogenated alkanes) is 6. The van der Waals surface area contributed by atoms with Gasteiger partial charge in [0, 0.05) is 19.5 Å². The number of nitrogens with zero attached hydrogens (tertiary/aromatic N) is 1. The number of rotatable bonds is 19. The number of allylic oxidation sites excluding steroid dienone is 1. The smallest absolute Gasteiger partial charge is 0.410 e. The molecule has 0 aromatic carbocycles. The Morgan fingerprint density at radius 2 is 1.49 bits per heavy atom. The number of nitrogens with two attached hydrogens (primary N) is 2. The molecule has 4 aliphatic rings. The van der Waals surface area contributed by atoms with Crippen molar-refractivity contribution in [2.24, 2.45) is 63.7 Å². The summed E-state index contributed by atoms with van der Waals surface area (Å²) in [5, 5.41) is 0. The minimum Gasteiger partial charge on any atom is -0.446 e. The lowest BCUT2D eigenvalue weighted by Crippen LogP contribution is -2.51. The van der Waals surface area contributed by atoms with Crippen LogP contribution in [-0.4, -0.2) is 43.3 Å². The third kappa shape index (κ3) is 11.0. The maximum Gasteiger partial charge on any atom is 0.410 e. The summed E-state index contributed by atoms with van der Waals surface area (Å²) >= 11 is 0. The highest BCUT2D eigenvalue weighted by Gasteiger charge is 2.59. The monoisotopic (exact) mass is 728 g/mol. The molecule has 0 bridgehead atoms. The normalized spacial score (nSPS) is 31.7. The van der Waals surface area contributed by atoms with E-state index in [0.717, 1.165) is 132 Å². The van der Waals surface area contributed by atoms with Gasteiger partial charge in [-0.1, -0.05) is 91.7 Å². The molecule has 7 heteroatoms. The third-order valence-corrected chi connectivity index (χ3v) is 14.6. The molecule has 0 aromatic rings. The van der Waals surface area contributed by atoms with Crippen LogP contribution in [-0.2, 0) is 4.74 Å². The molecule has 0 radical (unpaired) electrons. The predicted octanol–water partition coefficient (Wildman–Crippen LogP) is 11.4. The van der Waals surface area contributed by atoms with Crippen LogP contribution in [0.15, 0.2) is 11.6 Å². The molecule has 288 valence electrons. The lowest BCUT2D eigenvalue weighted by molar-refractivity contribution is -0.0595. The Morgan fingerprint density at radius 3 is 2.08 bits per heavy atom. The Labute approximate surface area is 315 Å². The highest BCUT2D eigenvalue weighted by Crippen LogP contribution is 2.67. The van der Waals surface area contributed by atoms with Gasteiger partial charge in [-0.05, 0) is 142 Å². The zero-order valence-corrected chi connectivity index (χ0v) is 34.3.